The summed E-state index contributed by atoms with van der Waals surface area (Å²) in [6, 6.07) is 0. The first-order valence-electron chi connectivity index (χ1n) is 28.0. The van der Waals surface area contributed by atoms with Crippen LogP contribution < -0.4 is 0 Å². The van der Waals surface area contributed by atoms with Gasteiger partial charge in [-0.25, -0.2) is 0 Å². The van der Waals surface area contributed by atoms with E-state index in [-0.39, 0.29) is 40.9 Å². The number of aliphatic hydroxyl groups excluding tert-OH is 15. The molecule has 16 N–H and O–H groups in total. The van der Waals surface area contributed by atoms with Crippen LogP contribution in [0.5, 0.6) is 0 Å². The molecule has 4 aliphatic carbocycles. The van der Waals surface area contributed by atoms with Crippen molar-refractivity contribution >= 4 is 0 Å². The Labute approximate surface area is 455 Å². The van der Waals surface area contributed by atoms with Crippen molar-refractivity contribution in [2.75, 3.05) is 26.4 Å². The van der Waals surface area contributed by atoms with Crippen LogP contribution >= 0.6 is 0 Å². The molecule has 24 heteroatoms. The van der Waals surface area contributed by atoms with E-state index in [4.69, 9.17) is 37.9 Å². The number of hydrogen-bond donors (Lipinski definition) is 16. The van der Waals surface area contributed by atoms with Gasteiger partial charge < -0.3 is 120 Å². The SMILES string of the molecule is CC(C)(O)/C=C/C[C@](C)(O[C@@H]1O[C@H](CO[C@@H]2O[C@H](CO)[C@@H](O)[C@H](O)[C@H]2O)[C@@H](O)[C@H](O)[C@H]1O)[C@H]1CC[C@]2(C)[C@@H]1C(O)C[C@@H]1[C@@]3(C)CCC(O[C@@H]4O[C@H](CO)[C@@H](O)[C@H](O)[C@H]4O[C@@H]4O[C@H](CO)[C@@H](O)[C@H](O)[C@H]4O)C(C)(C)[C@@H]3CC[C@]12C. The van der Waals surface area contributed by atoms with E-state index in [9.17, 15) is 81.7 Å². The quantitative estimate of drug-likeness (QED) is 0.0534. The summed E-state index contributed by atoms with van der Waals surface area (Å²) in [5.41, 5.74) is -4.24. The van der Waals surface area contributed by atoms with E-state index < -0.39 is 183 Å². The molecule has 0 radical (unpaired) electrons. The average Bonchev–Trinajstić information content (AvgIpc) is 3.95. The van der Waals surface area contributed by atoms with Crippen LogP contribution in [0.1, 0.15) is 107 Å². The summed E-state index contributed by atoms with van der Waals surface area (Å²) >= 11 is 0. The summed E-state index contributed by atoms with van der Waals surface area (Å²) in [6.45, 7) is 13.5. The first-order valence-corrected chi connectivity index (χ1v) is 28.0. The van der Waals surface area contributed by atoms with Crippen LogP contribution in [0.25, 0.3) is 0 Å². The summed E-state index contributed by atoms with van der Waals surface area (Å²) in [4.78, 5) is 0. The third kappa shape index (κ3) is 11.1. The lowest BCUT2D eigenvalue weighted by Gasteiger charge is -2.71. The predicted molar refractivity (Wildman–Crippen MR) is 268 cm³/mol. The molecule has 0 spiro atoms. The van der Waals surface area contributed by atoms with Gasteiger partial charge in [-0.2, -0.15) is 0 Å². The highest BCUT2D eigenvalue weighted by molar-refractivity contribution is 5.21. The second-order valence-corrected chi connectivity index (χ2v) is 26.2. The third-order valence-corrected chi connectivity index (χ3v) is 20.7. The number of fused-ring (bicyclic) bond motifs is 5. The van der Waals surface area contributed by atoms with E-state index in [0.29, 0.717) is 32.1 Å². The molecule has 0 amide bonds. The van der Waals surface area contributed by atoms with Crippen molar-refractivity contribution in [3.63, 3.8) is 0 Å². The number of ether oxygens (including phenoxy) is 8. The molecule has 452 valence electrons. The maximum atomic E-state index is 12.8. The van der Waals surface area contributed by atoms with Crippen molar-refractivity contribution in [1.82, 2.24) is 0 Å². The lowest BCUT2D eigenvalue weighted by Crippen LogP contribution is -2.68. The van der Waals surface area contributed by atoms with E-state index in [2.05, 4.69) is 34.6 Å². The van der Waals surface area contributed by atoms with Gasteiger partial charge in [0, 0.05) is 0 Å². The normalized spacial score (nSPS) is 52.6. The van der Waals surface area contributed by atoms with Gasteiger partial charge in [-0.1, -0.05) is 46.8 Å². The Kier molecular flexibility index (Phi) is 18.8. The van der Waals surface area contributed by atoms with Crippen LogP contribution in [0.2, 0.25) is 0 Å². The second-order valence-electron chi connectivity index (χ2n) is 26.2. The monoisotopic (exact) mass is 1120 g/mol. The van der Waals surface area contributed by atoms with Crippen molar-refractivity contribution < 1.29 is 120 Å². The minimum Gasteiger partial charge on any atom is -0.394 e. The first kappa shape index (κ1) is 62.8. The molecule has 8 aliphatic rings. The standard InChI is InChI=1S/C54H92O24/c1-49(2,70)13-9-14-54(8,78-47-43(69)39(65)36(62)28(75-47)22-71-45-41(67)37(63)33(59)25(19-55)72-45)23-10-16-53(7)32(23)24(58)18-30-51(5)15-12-31(50(3,4)29(51)11-17-52(30,53)6)76-48-44(40(66)35(61)27(21-57)74-48)77-46-42(68)38(64)34(60)26(20-56)73-46/h9,13,23-48,55-70H,10-12,14-22H2,1-8H3/b13-9+/t23-,24?,25+,26+,27+,28+,29-,30+,31?,32-,33+,34+,35+,36+,37-,38-,39-,40-,41+,42+,43+,44+,45+,46-,47-,48-,51-,52+,53+,54-/m0/s1. The van der Waals surface area contributed by atoms with Gasteiger partial charge in [0.05, 0.1) is 49.8 Å². The van der Waals surface area contributed by atoms with Gasteiger partial charge in [-0.15, -0.1) is 0 Å². The average molecular weight is 1130 g/mol. The highest BCUT2D eigenvalue weighted by Crippen LogP contribution is 2.76. The van der Waals surface area contributed by atoms with E-state index in [1.807, 2.05) is 6.92 Å². The smallest absolute Gasteiger partial charge is 0.187 e. The fourth-order valence-corrected chi connectivity index (χ4v) is 16.1. The Bertz CT molecular complexity index is 2030. The predicted octanol–water partition coefficient (Wildman–Crippen LogP) is -3.23. The van der Waals surface area contributed by atoms with Gasteiger partial charge in [0.1, 0.15) is 97.7 Å². The molecule has 30 atom stereocenters. The Balaban J connectivity index is 1.02. The van der Waals surface area contributed by atoms with Crippen LogP contribution in [0.15, 0.2) is 12.2 Å². The van der Waals surface area contributed by atoms with E-state index >= 15 is 0 Å². The second kappa shape index (κ2) is 23.3. The molecule has 0 aromatic carbocycles. The highest BCUT2D eigenvalue weighted by atomic mass is 16.8. The van der Waals surface area contributed by atoms with Crippen molar-refractivity contribution in [2.24, 2.45) is 45.3 Å². The zero-order valence-corrected chi connectivity index (χ0v) is 46.1. The Morgan fingerprint density at radius 1 is 0.526 bits per heavy atom. The molecule has 0 aromatic heterocycles. The van der Waals surface area contributed by atoms with Gasteiger partial charge in [0.15, 0.2) is 25.2 Å². The topological polar surface area (TPSA) is 398 Å². The van der Waals surface area contributed by atoms with Crippen LogP contribution in [0.3, 0.4) is 0 Å². The zero-order valence-electron chi connectivity index (χ0n) is 46.1. The highest BCUT2D eigenvalue weighted by Gasteiger charge is 2.72. The lowest BCUT2D eigenvalue weighted by molar-refractivity contribution is -0.378. The molecule has 4 saturated heterocycles. The van der Waals surface area contributed by atoms with E-state index in [1.54, 1.807) is 26.0 Å². The molecule has 78 heavy (non-hydrogen) atoms. The molecule has 2 unspecified atom stereocenters. The van der Waals surface area contributed by atoms with Crippen LogP contribution in [-0.4, -0.2) is 254 Å². The maximum Gasteiger partial charge on any atom is 0.187 e. The summed E-state index contributed by atoms with van der Waals surface area (Å²) in [7, 11) is 0. The maximum absolute atomic E-state index is 12.8. The van der Waals surface area contributed by atoms with Crippen molar-refractivity contribution in [2.45, 2.75) is 253 Å². The summed E-state index contributed by atoms with van der Waals surface area (Å²) < 4.78 is 48.7. The largest absolute Gasteiger partial charge is 0.394 e. The first-order chi connectivity index (χ1) is 36.3. The van der Waals surface area contributed by atoms with E-state index in [0.717, 1.165) is 12.8 Å². The number of rotatable bonds is 16. The Morgan fingerprint density at radius 3 is 1.60 bits per heavy atom. The number of hydrogen-bond acceptors (Lipinski definition) is 24. The van der Waals surface area contributed by atoms with Crippen molar-refractivity contribution in [3.05, 3.63) is 12.2 Å². The zero-order chi connectivity index (χ0) is 57.6. The minimum absolute atomic E-state index is 0.00485. The summed E-state index contributed by atoms with van der Waals surface area (Å²) in [5, 5.41) is 173. The fourth-order valence-electron chi connectivity index (χ4n) is 16.1. The summed E-state index contributed by atoms with van der Waals surface area (Å²) in [6.07, 6.45) is -25.7. The molecule has 4 aliphatic heterocycles. The van der Waals surface area contributed by atoms with Gasteiger partial charge in [-0.3, -0.25) is 0 Å². The van der Waals surface area contributed by atoms with Crippen LogP contribution in [0.4, 0.5) is 0 Å². The Morgan fingerprint density at radius 2 is 1.03 bits per heavy atom. The molecule has 0 bridgehead atoms. The van der Waals surface area contributed by atoms with Crippen molar-refractivity contribution in [3.8, 4) is 0 Å². The van der Waals surface area contributed by atoms with Gasteiger partial charge in [0.25, 0.3) is 0 Å². The molecule has 8 fully saturated rings. The molecule has 4 saturated carbocycles. The molecular formula is C54H92O24. The Hall–Kier alpha value is -1.22. The fraction of sp³-hybridized carbons (Fsp3) is 0.963. The van der Waals surface area contributed by atoms with Gasteiger partial charge in [0.2, 0.25) is 0 Å². The van der Waals surface area contributed by atoms with Gasteiger partial charge >= 0.3 is 0 Å². The molecular weight excluding hydrogens is 1030 g/mol. The van der Waals surface area contributed by atoms with E-state index in [1.165, 1.54) is 0 Å². The van der Waals surface area contributed by atoms with Crippen molar-refractivity contribution in [1.29, 1.82) is 0 Å². The third-order valence-electron chi connectivity index (χ3n) is 20.7. The van der Waals surface area contributed by atoms with Crippen LogP contribution in [-0.2, 0) is 37.9 Å². The minimum atomic E-state index is -1.83. The van der Waals surface area contributed by atoms with Gasteiger partial charge in [-0.05, 0) is 117 Å². The molecule has 8 rings (SSSR count). The van der Waals surface area contributed by atoms with Crippen LogP contribution in [0, 0.1) is 45.3 Å². The molecule has 24 nitrogen and oxygen atoms in total. The lowest BCUT2D eigenvalue weighted by atomic mass is 9.35. The molecule has 4 heterocycles. The number of aliphatic hydroxyl groups is 16. The summed E-state index contributed by atoms with van der Waals surface area (Å²) in [5.74, 6) is -0.746. The molecule has 0 aromatic rings.